The molecule has 5 nitrogen and oxygen atoms in total. The van der Waals surface area contributed by atoms with E-state index in [1.807, 2.05) is 7.05 Å². The molecule has 0 fully saturated rings. The Morgan fingerprint density at radius 1 is 1.58 bits per heavy atom. The molecule has 0 radical (unpaired) electrons. The molecular formula is C7H8N4O. The summed E-state index contributed by atoms with van der Waals surface area (Å²) in [6, 6.07) is 0. The first kappa shape index (κ1) is 6.90. The van der Waals surface area contributed by atoms with Gasteiger partial charge in [-0.25, -0.2) is 0 Å². The van der Waals surface area contributed by atoms with E-state index in [9.17, 15) is 4.79 Å². The highest BCUT2D eigenvalue weighted by molar-refractivity contribution is 5.59. The van der Waals surface area contributed by atoms with E-state index < -0.39 is 0 Å². The van der Waals surface area contributed by atoms with Gasteiger partial charge < -0.3 is 5.10 Å². The topological polar surface area (TPSA) is 66.5 Å². The molecule has 12 heavy (non-hydrogen) atoms. The lowest BCUT2D eigenvalue weighted by atomic mass is 10.2. The van der Waals surface area contributed by atoms with Crippen LogP contribution < -0.4 is 5.56 Å². The van der Waals surface area contributed by atoms with Crippen LogP contribution in [0.25, 0.3) is 11.1 Å². The summed E-state index contributed by atoms with van der Waals surface area (Å²) in [4.78, 5) is 11.1. The minimum absolute atomic E-state index is 0.122. The lowest BCUT2D eigenvalue weighted by Crippen LogP contribution is -2.00. The van der Waals surface area contributed by atoms with Gasteiger partial charge in [0.1, 0.15) is 0 Å². The molecule has 0 aliphatic rings. The molecule has 2 N–H and O–H groups in total. The van der Waals surface area contributed by atoms with Gasteiger partial charge in [0, 0.05) is 25.0 Å². The second-order valence-electron chi connectivity index (χ2n) is 2.56. The minimum atomic E-state index is -0.122. The number of hydrogen-bond donors (Lipinski definition) is 2. The standard InChI is InChI=1S/C7H8N4O/c1-11-4-5(2-9-11)6-3-8-10-7(6)12/h2-4H,1H3,(H2,8,10,12). The number of nitrogens with one attached hydrogen (secondary N) is 2. The smallest absolute Gasteiger partial charge is 0.271 e. The summed E-state index contributed by atoms with van der Waals surface area (Å²) in [6.07, 6.45) is 5.07. The van der Waals surface area contributed by atoms with Crippen LogP contribution in [0.2, 0.25) is 0 Å². The van der Waals surface area contributed by atoms with Crippen molar-refractivity contribution in [3.05, 3.63) is 28.9 Å². The van der Waals surface area contributed by atoms with Crippen LogP contribution in [0.15, 0.2) is 23.4 Å². The molecule has 0 unspecified atom stereocenters. The van der Waals surface area contributed by atoms with Gasteiger partial charge in [-0.2, -0.15) is 5.10 Å². The first-order valence-electron chi connectivity index (χ1n) is 3.52. The Kier molecular flexibility index (Phi) is 1.36. The zero-order valence-electron chi connectivity index (χ0n) is 6.53. The maximum Gasteiger partial charge on any atom is 0.271 e. The highest BCUT2D eigenvalue weighted by atomic mass is 16.1. The fourth-order valence-corrected chi connectivity index (χ4v) is 1.08. The molecule has 0 spiro atoms. The molecule has 0 saturated carbocycles. The van der Waals surface area contributed by atoms with Gasteiger partial charge in [-0.05, 0) is 0 Å². The fraction of sp³-hybridized carbons (Fsp3) is 0.143. The molecule has 0 amide bonds. The Morgan fingerprint density at radius 3 is 2.92 bits per heavy atom. The largest absolute Gasteiger partial charge is 0.305 e. The molecule has 62 valence electrons. The van der Waals surface area contributed by atoms with Crippen molar-refractivity contribution >= 4 is 0 Å². The predicted molar refractivity (Wildman–Crippen MR) is 43.6 cm³/mol. The Labute approximate surface area is 68.0 Å². The van der Waals surface area contributed by atoms with Gasteiger partial charge in [0.15, 0.2) is 0 Å². The summed E-state index contributed by atoms with van der Waals surface area (Å²) in [5.74, 6) is 0. The second kappa shape index (κ2) is 2.37. The predicted octanol–water partition coefficient (Wildman–Crippen LogP) is 0.103. The third-order valence-corrected chi connectivity index (χ3v) is 1.66. The third-order valence-electron chi connectivity index (χ3n) is 1.66. The molecule has 5 heteroatoms. The average Bonchev–Trinajstić information content (AvgIpc) is 2.58. The maximum absolute atomic E-state index is 11.1. The van der Waals surface area contributed by atoms with E-state index in [0.29, 0.717) is 5.56 Å². The van der Waals surface area contributed by atoms with E-state index in [0.717, 1.165) is 5.56 Å². The normalized spacial score (nSPS) is 10.4. The Balaban J connectivity index is 2.58. The van der Waals surface area contributed by atoms with Crippen molar-refractivity contribution in [1.82, 2.24) is 20.0 Å². The van der Waals surface area contributed by atoms with Gasteiger partial charge >= 0.3 is 0 Å². The molecule has 0 atom stereocenters. The lowest BCUT2D eigenvalue weighted by Gasteiger charge is -1.84. The second-order valence-corrected chi connectivity index (χ2v) is 2.56. The Hall–Kier alpha value is -1.78. The molecule has 2 aromatic heterocycles. The van der Waals surface area contributed by atoms with Gasteiger partial charge in [-0.1, -0.05) is 0 Å². The van der Waals surface area contributed by atoms with Gasteiger partial charge in [-0.15, -0.1) is 0 Å². The average molecular weight is 164 g/mol. The monoisotopic (exact) mass is 164 g/mol. The number of aromatic amines is 2. The zero-order valence-corrected chi connectivity index (χ0v) is 6.53. The highest BCUT2D eigenvalue weighted by Crippen LogP contribution is 2.11. The van der Waals surface area contributed by atoms with E-state index in [1.165, 1.54) is 0 Å². The van der Waals surface area contributed by atoms with Gasteiger partial charge in [-0.3, -0.25) is 14.6 Å². The van der Waals surface area contributed by atoms with E-state index in [-0.39, 0.29) is 5.56 Å². The Bertz CT molecular complexity index is 436. The summed E-state index contributed by atoms with van der Waals surface area (Å²) in [5, 5.41) is 9.05. The molecule has 0 saturated heterocycles. The first-order valence-corrected chi connectivity index (χ1v) is 3.52. The molecule has 0 aliphatic heterocycles. The van der Waals surface area contributed by atoms with Crippen LogP contribution in [-0.2, 0) is 7.05 Å². The van der Waals surface area contributed by atoms with E-state index >= 15 is 0 Å². The van der Waals surface area contributed by atoms with E-state index in [4.69, 9.17) is 0 Å². The van der Waals surface area contributed by atoms with Crippen molar-refractivity contribution < 1.29 is 0 Å². The van der Waals surface area contributed by atoms with Crippen LogP contribution in [0.1, 0.15) is 0 Å². The van der Waals surface area contributed by atoms with Crippen molar-refractivity contribution in [2.45, 2.75) is 0 Å². The number of H-pyrrole nitrogens is 2. The molecule has 0 aromatic carbocycles. The first-order chi connectivity index (χ1) is 5.77. The molecule has 2 rings (SSSR count). The van der Waals surface area contributed by atoms with Crippen LogP contribution >= 0.6 is 0 Å². The molecule has 0 aliphatic carbocycles. The lowest BCUT2D eigenvalue weighted by molar-refractivity contribution is 0.768. The van der Waals surface area contributed by atoms with E-state index in [2.05, 4.69) is 15.3 Å². The fourth-order valence-electron chi connectivity index (χ4n) is 1.08. The van der Waals surface area contributed by atoms with Crippen molar-refractivity contribution in [2.24, 2.45) is 7.05 Å². The SMILES string of the molecule is Cn1cc(-c2c[nH][nH]c2=O)cn1. The summed E-state index contributed by atoms with van der Waals surface area (Å²) in [5.41, 5.74) is 1.31. The van der Waals surface area contributed by atoms with Crippen LogP contribution in [0, 0.1) is 0 Å². The van der Waals surface area contributed by atoms with Crippen LogP contribution in [0.4, 0.5) is 0 Å². The van der Waals surface area contributed by atoms with Gasteiger partial charge in [0.05, 0.1) is 11.8 Å². The van der Waals surface area contributed by atoms with Gasteiger partial charge in [0.2, 0.25) is 0 Å². The van der Waals surface area contributed by atoms with Crippen molar-refractivity contribution in [1.29, 1.82) is 0 Å². The van der Waals surface area contributed by atoms with Crippen LogP contribution in [0.3, 0.4) is 0 Å². The quantitative estimate of drug-likeness (QED) is 0.627. The molecular weight excluding hydrogens is 156 g/mol. The molecule has 2 aromatic rings. The van der Waals surface area contributed by atoms with Crippen LogP contribution in [0.5, 0.6) is 0 Å². The number of nitrogens with zero attached hydrogens (tertiary/aromatic N) is 2. The number of aryl methyl sites for hydroxylation is 1. The number of aromatic nitrogens is 4. The Morgan fingerprint density at radius 2 is 2.42 bits per heavy atom. The highest BCUT2D eigenvalue weighted by Gasteiger charge is 2.04. The number of rotatable bonds is 1. The minimum Gasteiger partial charge on any atom is -0.305 e. The van der Waals surface area contributed by atoms with Gasteiger partial charge in [0.25, 0.3) is 5.56 Å². The number of hydrogen-bond acceptors (Lipinski definition) is 2. The zero-order chi connectivity index (χ0) is 8.55. The third kappa shape index (κ3) is 0.952. The van der Waals surface area contributed by atoms with Crippen molar-refractivity contribution in [2.75, 3.05) is 0 Å². The maximum atomic E-state index is 11.1. The van der Waals surface area contributed by atoms with Crippen molar-refractivity contribution in [3.63, 3.8) is 0 Å². The summed E-state index contributed by atoms with van der Waals surface area (Å²) >= 11 is 0. The van der Waals surface area contributed by atoms with Crippen molar-refractivity contribution in [3.8, 4) is 11.1 Å². The summed E-state index contributed by atoms with van der Waals surface area (Å²) in [7, 11) is 1.81. The van der Waals surface area contributed by atoms with Crippen LogP contribution in [-0.4, -0.2) is 20.0 Å². The molecule has 2 heterocycles. The van der Waals surface area contributed by atoms with E-state index in [1.54, 1.807) is 23.3 Å². The molecule has 0 bridgehead atoms. The summed E-state index contributed by atoms with van der Waals surface area (Å²) in [6.45, 7) is 0. The summed E-state index contributed by atoms with van der Waals surface area (Å²) < 4.78 is 1.65.